The van der Waals surface area contributed by atoms with E-state index in [-0.39, 0.29) is 17.4 Å². The van der Waals surface area contributed by atoms with E-state index in [2.05, 4.69) is 5.32 Å². The van der Waals surface area contributed by atoms with Gasteiger partial charge in [-0.15, -0.1) is 0 Å². The van der Waals surface area contributed by atoms with Gasteiger partial charge in [0.25, 0.3) is 17.7 Å². The van der Waals surface area contributed by atoms with Crippen LogP contribution in [-0.2, 0) is 0 Å². The maximum absolute atomic E-state index is 12.1. The van der Waals surface area contributed by atoms with Crippen LogP contribution in [0.1, 0.15) is 31.1 Å². The molecule has 122 valence electrons. The van der Waals surface area contributed by atoms with Gasteiger partial charge in [0.1, 0.15) is 12.4 Å². The molecule has 0 atom stereocenters. The first kappa shape index (κ1) is 15.7. The van der Waals surface area contributed by atoms with Crippen molar-refractivity contribution in [3.8, 4) is 5.75 Å². The highest BCUT2D eigenvalue weighted by molar-refractivity contribution is 6.21. The molecule has 0 saturated heterocycles. The Morgan fingerprint density at radius 3 is 2.50 bits per heavy atom. The van der Waals surface area contributed by atoms with E-state index in [0.717, 1.165) is 10.6 Å². The van der Waals surface area contributed by atoms with Crippen LogP contribution in [0.5, 0.6) is 5.75 Å². The number of nitrogens with zero attached hydrogens (tertiary/aromatic N) is 1. The summed E-state index contributed by atoms with van der Waals surface area (Å²) in [5, 5.41) is 2.72. The summed E-state index contributed by atoms with van der Waals surface area (Å²) in [7, 11) is 1.42. The molecule has 2 aromatic carbocycles. The highest BCUT2D eigenvalue weighted by Gasteiger charge is 2.33. The monoisotopic (exact) mass is 324 g/mol. The molecule has 0 spiro atoms. The Kier molecular flexibility index (Phi) is 4.29. The van der Waals surface area contributed by atoms with Gasteiger partial charge in [0.2, 0.25) is 0 Å². The van der Waals surface area contributed by atoms with Gasteiger partial charge < -0.3 is 10.1 Å². The summed E-state index contributed by atoms with van der Waals surface area (Å²) >= 11 is 0. The molecule has 1 heterocycles. The van der Waals surface area contributed by atoms with Crippen molar-refractivity contribution < 1.29 is 19.1 Å². The molecule has 6 nitrogen and oxygen atoms in total. The lowest BCUT2D eigenvalue weighted by molar-refractivity contribution is 0.0693. The highest BCUT2D eigenvalue weighted by Crippen LogP contribution is 2.22. The lowest BCUT2D eigenvalue weighted by Crippen LogP contribution is -2.28. The lowest BCUT2D eigenvalue weighted by Gasteiger charge is -2.08. The van der Waals surface area contributed by atoms with Crippen molar-refractivity contribution in [2.45, 2.75) is 0 Å². The van der Waals surface area contributed by atoms with Crippen LogP contribution < -0.4 is 10.1 Å². The predicted octanol–water partition coefficient (Wildman–Crippen LogP) is 1.72. The molecule has 2 aromatic rings. The molecule has 1 aliphatic heterocycles. The number of carbonyl (C=O) groups excluding carboxylic acids is 3. The number of hydrogen-bond acceptors (Lipinski definition) is 4. The van der Waals surface area contributed by atoms with E-state index in [4.69, 9.17) is 4.74 Å². The summed E-state index contributed by atoms with van der Waals surface area (Å²) in [6, 6.07) is 13.8. The summed E-state index contributed by atoms with van der Waals surface area (Å²) in [6.45, 7) is 0.665. The third-order valence-electron chi connectivity index (χ3n) is 3.75. The lowest BCUT2D eigenvalue weighted by atomic mass is 10.1. The molecule has 1 aliphatic rings. The second-order valence-electron chi connectivity index (χ2n) is 5.35. The Hall–Kier alpha value is -3.15. The Balaban J connectivity index is 1.58. The summed E-state index contributed by atoms with van der Waals surface area (Å²) in [5.74, 6) is -0.323. The molecular weight excluding hydrogens is 308 g/mol. The van der Waals surface area contributed by atoms with Crippen molar-refractivity contribution >= 4 is 17.7 Å². The van der Waals surface area contributed by atoms with Gasteiger partial charge in [0.05, 0.1) is 17.7 Å². The molecule has 0 radical (unpaired) electrons. The van der Waals surface area contributed by atoms with Crippen LogP contribution >= 0.6 is 0 Å². The Labute approximate surface area is 139 Å². The molecule has 6 heteroatoms. The van der Waals surface area contributed by atoms with Crippen LogP contribution in [-0.4, -0.2) is 42.8 Å². The van der Waals surface area contributed by atoms with E-state index in [1.54, 1.807) is 0 Å². The van der Waals surface area contributed by atoms with Crippen LogP contribution in [0.15, 0.2) is 48.5 Å². The summed E-state index contributed by atoms with van der Waals surface area (Å²) < 4.78 is 5.49. The van der Waals surface area contributed by atoms with Crippen LogP contribution in [0.4, 0.5) is 0 Å². The maximum Gasteiger partial charge on any atom is 0.261 e. The first-order valence-electron chi connectivity index (χ1n) is 7.50. The summed E-state index contributed by atoms with van der Waals surface area (Å²) in [5.41, 5.74) is 0.923. The number of ether oxygens (including phenoxy) is 1. The van der Waals surface area contributed by atoms with Crippen molar-refractivity contribution in [3.63, 3.8) is 0 Å². The number of benzene rings is 2. The number of carbonyl (C=O) groups is 3. The van der Waals surface area contributed by atoms with E-state index < -0.39 is 5.91 Å². The summed E-state index contributed by atoms with van der Waals surface area (Å²) in [4.78, 5) is 37.0. The van der Waals surface area contributed by atoms with Gasteiger partial charge in [-0.25, -0.2) is 0 Å². The van der Waals surface area contributed by atoms with Gasteiger partial charge >= 0.3 is 0 Å². The quantitative estimate of drug-likeness (QED) is 0.671. The first-order chi connectivity index (χ1) is 11.6. The minimum atomic E-state index is -0.392. The predicted molar refractivity (Wildman–Crippen MR) is 87.1 cm³/mol. The molecule has 0 aliphatic carbocycles. The van der Waals surface area contributed by atoms with Crippen LogP contribution in [0.2, 0.25) is 0 Å². The molecule has 1 N–H and O–H groups in total. The average molecular weight is 324 g/mol. The number of para-hydroxylation sites is 1. The molecule has 0 bridgehead atoms. The Bertz CT molecular complexity index is 802. The fraction of sp³-hybridized carbons (Fsp3) is 0.167. The number of nitrogens with one attached hydrogen (secondary N) is 1. The second kappa shape index (κ2) is 6.54. The third-order valence-corrected chi connectivity index (χ3v) is 3.75. The number of imide groups is 1. The van der Waals surface area contributed by atoms with Crippen molar-refractivity contribution in [3.05, 3.63) is 65.2 Å². The van der Waals surface area contributed by atoms with Crippen LogP contribution in [0, 0.1) is 0 Å². The normalized spacial score (nSPS) is 13.0. The number of rotatable bonds is 5. The van der Waals surface area contributed by atoms with Crippen LogP contribution in [0.25, 0.3) is 0 Å². The minimum absolute atomic E-state index is 0.260. The van der Waals surface area contributed by atoms with Crippen LogP contribution in [0.3, 0.4) is 0 Å². The third kappa shape index (κ3) is 2.99. The van der Waals surface area contributed by atoms with Gasteiger partial charge in [0.15, 0.2) is 0 Å². The van der Waals surface area contributed by atoms with E-state index in [0.29, 0.717) is 24.3 Å². The molecule has 0 unspecified atom stereocenters. The topological polar surface area (TPSA) is 75.7 Å². The summed E-state index contributed by atoms with van der Waals surface area (Å²) in [6.07, 6.45) is 0. The van der Waals surface area contributed by atoms with Crippen molar-refractivity contribution in [1.82, 2.24) is 10.2 Å². The van der Waals surface area contributed by atoms with E-state index in [1.165, 1.54) is 25.2 Å². The van der Waals surface area contributed by atoms with Gasteiger partial charge in [0, 0.05) is 12.6 Å². The fourth-order valence-corrected chi connectivity index (χ4v) is 2.45. The largest absolute Gasteiger partial charge is 0.492 e. The SMILES string of the molecule is CN1C(=O)c2ccc(C(=O)NCCOc3ccccc3)cc2C1=O. The molecule has 0 aromatic heterocycles. The smallest absolute Gasteiger partial charge is 0.261 e. The highest BCUT2D eigenvalue weighted by atomic mass is 16.5. The zero-order chi connectivity index (χ0) is 17.1. The second-order valence-corrected chi connectivity index (χ2v) is 5.35. The molecule has 0 saturated carbocycles. The van der Waals surface area contributed by atoms with Gasteiger partial charge in [-0.05, 0) is 30.3 Å². The molecule has 0 fully saturated rings. The van der Waals surface area contributed by atoms with Crippen molar-refractivity contribution in [2.75, 3.05) is 20.2 Å². The number of amides is 3. The molecule has 24 heavy (non-hydrogen) atoms. The number of fused-ring (bicyclic) bond motifs is 1. The van der Waals surface area contributed by atoms with Gasteiger partial charge in [-0.2, -0.15) is 0 Å². The standard InChI is InChI=1S/C18H16N2O4/c1-20-17(22)14-8-7-12(11-15(14)18(20)23)16(21)19-9-10-24-13-5-3-2-4-6-13/h2-8,11H,9-10H2,1H3,(H,19,21). The van der Waals surface area contributed by atoms with Gasteiger partial charge in [-0.3, -0.25) is 19.3 Å². The zero-order valence-electron chi connectivity index (χ0n) is 13.1. The molecule has 3 amide bonds. The number of hydrogen-bond donors (Lipinski definition) is 1. The molecular formula is C18H16N2O4. The van der Waals surface area contributed by atoms with E-state index in [1.807, 2.05) is 30.3 Å². The fourth-order valence-electron chi connectivity index (χ4n) is 2.45. The van der Waals surface area contributed by atoms with E-state index in [9.17, 15) is 14.4 Å². The maximum atomic E-state index is 12.1. The first-order valence-corrected chi connectivity index (χ1v) is 7.50. The molecule has 3 rings (SSSR count). The zero-order valence-corrected chi connectivity index (χ0v) is 13.1. The van der Waals surface area contributed by atoms with Crippen molar-refractivity contribution in [1.29, 1.82) is 0 Å². The Morgan fingerprint density at radius 2 is 1.75 bits per heavy atom. The Morgan fingerprint density at radius 1 is 1.04 bits per heavy atom. The van der Waals surface area contributed by atoms with Crippen molar-refractivity contribution in [2.24, 2.45) is 0 Å². The minimum Gasteiger partial charge on any atom is -0.492 e. The van der Waals surface area contributed by atoms with E-state index >= 15 is 0 Å². The van der Waals surface area contributed by atoms with Gasteiger partial charge in [-0.1, -0.05) is 18.2 Å². The average Bonchev–Trinajstić information content (AvgIpc) is 2.83.